The van der Waals surface area contributed by atoms with E-state index in [1.807, 2.05) is 32.2 Å². The van der Waals surface area contributed by atoms with E-state index in [9.17, 15) is 5.11 Å². The molecule has 2 aromatic heterocycles. The topological polar surface area (TPSA) is 78.6 Å². The summed E-state index contributed by atoms with van der Waals surface area (Å²) < 4.78 is 1.67. The molecule has 3 heterocycles. The van der Waals surface area contributed by atoms with E-state index in [1.165, 1.54) is 6.42 Å². The molecule has 7 nitrogen and oxygen atoms in total. The fourth-order valence-electron chi connectivity index (χ4n) is 3.90. The third-order valence-corrected chi connectivity index (χ3v) is 5.21. The van der Waals surface area contributed by atoms with E-state index >= 15 is 0 Å². The first-order chi connectivity index (χ1) is 13.0. The largest absolute Gasteiger partial charge is 0.507 e. The average molecular weight is 366 g/mol. The SMILES string of the molecule is CCN1CCCC(Nc2nc3nc(-c4c(C)cc(C)cc4O)ccn3n2)C1. The summed E-state index contributed by atoms with van der Waals surface area (Å²) >= 11 is 0. The van der Waals surface area contributed by atoms with E-state index in [-0.39, 0.29) is 5.75 Å². The van der Waals surface area contributed by atoms with Gasteiger partial charge in [-0.05, 0) is 63.0 Å². The van der Waals surface area contributed by atoms with Crippen LogP contribution in [-0.4, -0.2) is 55.3 Å². The Kier molecular flexibility index (Phi) is 4.70. The van der Waals surface area contributed by atoms with Crippen LogP contribution in [0.5, 0.6) is 5.75 Å². The van der Waals surface area contributed by atoms with Gasteiger partial charge in [-0.3, -0.25) is 0 Å². The molecule has 1 saturated heterocycles. The highest BCUT2D eigenvalue weighted by atomic mass is 16.3. The number of aromatic nitrogens is 4. The molecule has 1 fully saturated rings. The fraction of sp³-hybridized carbons (Fsp3) is 0.450. The summed E-state index contributed by atoms with van der Waals surface area (Å²) in [7, 11) is 0. The predicted molar refractivity (Wildman–Crippen MR) is 106 cm³/mol. The molecule has 1 aromatic carbocycles. The molecule has 1 atom stereocenters. The van der Waals surface area contributed by atoms with Crippen molar-refractivity contribution < 1.29 is 5.11 Å². The molecular weight excluding hydrogens is 340 g/mol. The quantitative estimate of drug-likeness (QED) is 0.739. The molecular formula is C20H26N6O. The molecule has 1 aliphatic heterocycles. The van der Waals surface area contributed by atoms with Crippen molar-refractivity contribution in [2.45, 2.75) is 39.7 Å². The number of phenols is 1. The number of hydrogen-bond donors (Lipinski definition) is 2. The molecule has 4 rings (SSSR count). The van der Waals surface area contributed by atoms with Gasteiger partial charge in [0.1, 0.15) is 5.75 Å². The van der Waals surface area contributed by atoms with Gasteiger partial charge in [-0.15, -0.1) is 5.10 Å². The van der Waals surface area contributed by atoms with Gasteiger partial charge in [-0.2, -0.15) is 4.98 Å². The van der Waals surface area contributed by atoms with Gasteiger partial charge in [0.15, 0.2) is 0 Å². The number of fused-ring (bicyclic) bond motifs is 1. The lowest BCUT2D eigenvalue weighted by Crippen LogP contribution is -2.42. The van der Waals surface area contributed by atoms with Crippen LogP contribution in [0.25, 0.3) is 17.0 Å². The Morgan fingerprint density at radius 3 is 2.89 bits per heavy atom. The highest BCUT2D eigenvalue weighted by Crippen LogP contribution is 2.32. The Morgan fingerprint density at radius 1 is 1.26 bits per heavy atom. The number of aromatic hydroxyl groups is 1. The van der Waals surface area contributed by atoms with Crippen LogP contribution in [0.4, 0.5) is 5.95 Å². The zero-order chi connectivity index (χ0) is 19.0. The van der Waals surface area contributed by atoms with Crippen LogP contribution in [0, 0.1) is 13.8 Å². The van der Waals surface area contributed by atoms with Crippen molar-refractivity contribution >= 4 is 11.7 Å². The van der Waals surface area contributed by atoms with Crippen molar-refractivity contribution in [2.24, 2.45) is 0 Å². The number of aryl methyl sites for hydroxylation is 2. The maximum absolute atomic E-state index is 10.4. The minimum absolute atomic E-state index is 0.240. The van der Waals surface area contributed by atoms with Gasteiger partial charge in [0.2, 0.25) is 5.95 Å². The Morgan fingerprint density at radius 2 is 2.11 bits per heavy atom. The Bertz CT molecular complexity index is 943. The number of phenolic OH excluding ortho intramolecular Hbond substituents is 1. The summed E-state index contributed by atoms with van der Waals surface area (Å²) in [6, 6.07) is 6.02. The monoisotopic (exact) mass is 366 g/mol. The minimum atomic E-state index is 0.240. The third kappa shape index (κ3) is 3.60. The second kappa shape index (κ2) is 7.15. The number of hydrogen-bond acceptors (Lipinski definition) is 6. The number of likely N-dealkylation sites (tertiary alicyclic amines) is 1. The van der Waals surface area contributed by atoms with E-state index in [0.717, 1.165) is 42.7 Å². The summed E-state index contributed by atoms with van der Waals surface area (Å²) in [5.74, 6) is 1.37. The smallest absolute Gasteiger partial charge is 0.254 e. The van der Waals surface area contributed by atoms with Crippen LogP contribution >= 0.6 is 0 Å². The molecule has 1 aliphatic rings. The number of piperidine rings is 1. The molecule has 0 radical (unpaired) electrons. The van der Waals surface area contributed by atoms with Crippen LogP contribution in [0.1, 0.15) is 30.9 Å². The van der Waals surface area contributed by atoms with E-state index in [0.29, 0.717) is 23.5 Å². The van der Waals surface area contributed by atoms with Gasteiger partial charge in [0, 0.05) is 24.3 Å². The highest BCUT2D eigenvalue weighted by molar-refractivity contribution is 5.72. The van der Waals surface area contributed by atoms with Crippen molar-refractivity contribution in [3.63, 3.8) is 0 Å². The van der Waals surface area contributed by atoms with E-state index in [1.54, 1.807) is 10.6 Å². The first-order valence-electron chi connectivity index (χ1n) is 9.56. The maximum Gasteiger partial charge on any atom is 0.254 e. The molecule has 2 N–H and O–H groups in total. The van der Waals surface area contributed by atoms with E-state index in [2.05, 4.69) is 32.2 Å². The second-order valence-electron chi connectivity index (χ2n) is 7.35. The summed E-state index contributed by atoms with van der Waals surface area (Å²) in [4.78, 5) is 11.6. The molecule has 1 unspecified atom stereocenters. The van der Waals surface area contributed by atoms with Gasteiger partial charge in [0.25, 0.3) is 5.78 Å². The summed E-state index contributed by atoms with van der Waals surface area (Å²) in [5.41, 5.74) is 3.46. The van der Waals surface area contributed by atoms with Gasteiger partial charge < -0.3 is 15.3 Å². The van der Waals surface area contributed by atoms with Crippen molar-refractivity contribution in [3.05, 3.63) is 35.5 Å². The van der Waals surface area contributed by atoms with Crippen LogP contribution in [0.2, 0.25) is 0 Å². The Balaban J connectivity index is 1.61. The van der Waals surface area contributed by atoms with Gasteiger partial charge in [0.05, 0.1) is 5.69 Å². The fourth-order valence-corrected chi connectivity index (χ4v) is 3.90. The summed E-state index contributed by atoms with van der Waals surface area (Å²) in [6.45, 7) is 9.39. The molecule has 27 heavy (non-hydrogen) atoms. The van der Waals surface area contributed by atoms with Crippen LogP contribution < -0.4 is 5.32 Å². The first kappa shape index (κ1) is 17.7. The molecule has 142 valence electrons. The van der Waals surface area contributed by atoms with E-state index in [4.69, 9.17) is 0 Å². The van der Waals surface area contributed by atoms with Gasteiger partial charge in [-0.1, -0.05) is 13.0 Å². The lowest BCUT2D eigenvalue weighted by molar-refractivity contribution is 0.226. The number of nitrogens with zero attached hydrogens (tertiary/aromatic N) is 5. The molecule has 7 heteroatoms. The molecule has 0 spiro atoms. The molecule has 3 aromatic rings. The number of benzene rings is 1. The molecule has 0 saturated carbocycles. The Labute approximate surface area is 159 Å². The zero-order valence-electron chi connectivity index (χ0n) is 16.1. The lowest BCUT2D eigenvalue weighted by Gasteiger charge is -2.31. The predicted octanol–water partition coefficient (Wildman–Crippen LogP) is 3.01. The molecule has 0 amide bonds. The molecule has 0 bridgehead atoms. The van der Waals surface area contributed by atoms with Gasteiger partial charge >= 0.3 is 0 Å². The van der Waals surface area contributed by atoms with Crippen LogP contribution in [0.15, 0.2) is 24.4 Å². The highest BCUT2D eigenvalue weighted by Gasteiger charge is 2.20. The summed E-state index contributed by atoms with van der Waals surface area (Å²) in [6.07, 6.45) is 4.15. The Hall–Kier alpha value is -2.67. The normalized spacial score (nSPS) is 18.1. The number of likely N-dealkylation sites (N-methyl/N-ethyl adjacent to an activating group) is 1. The van der Waals surface area contributed by atoms with Crippen LogP contribution in [-0.2, 0) is 0 Å². The maximum atomic E-state index is 10.4. The van der Waals surface area contributed by atoms with E-state index < -0.39 is 0 Å². The van der Waals surface area contributed by atoms with Gasteiger partial charge in [-0.25, -0.2) is 9.50 Å². The average Bonchev–Trinajstić information content (AvgIpc) is 3.02. The minimum Gasteiger partial charge on any atom is -0.507 e. The summed E-state index contributed by atoms with van der Waals surface area (Å²) in [5, 5.41) is 18.3. The lowest BCUT2D eigenvalue weighted by atomic mass is 10.0. The van der Waals surface area contributed by atoms with Crippen molar-refractivity contribution in [1.29, 1.82) is 0 Å². The molecule has 0 aliphatic carbocycles. The van der Waals surface area contributed by atoms with Crippen molar-refractivity contribution in [1.82, 2.24) is 24.5 Å². The second-order valence-corrected chi connectivity index (χ2v) is 7.35. The number of nitrogens with one attached hydrogen (secondary N) is 1. The zero-order valence-corrected chi connectivity index (χ0v) is 16.1. The van der Waals surface area contributed by atoms with Crippen molar-refractivity contribution in [3.8, 4) is 17.0 Å². The standard InChI is InChI=1S/C20H26N6O/c1-4-25-8-5-6-15(12-25)21-19-23-20-22-16(7-9-26(20)24-19)18-14(3)10-13(2)11-17(18)27/h7,9-11,15,27H,4-6,8,12H2,1-3H3,(H,21,24). The first-order valence-corrected chi connectivity index (χ1v) is 9.56. The van der Waals surface area contributed by atoms with Crippen molar-refractivity contribution in [2.75, 3.05) is 25.0 Å². The number of anilines is 1. The number of rotatable bonds is 4. The van der Waals surface area contributed by atoms with Crippen LogP contribution in [0.3, 0.4) is 0 Å². The third-order valence-electron chi connectivity index (χ3n) is 5.21.